The fourth-order valence-corrected chi connectivity index (χ4v) is 3.03. The molecule has 2 aliphatic rings. The van der Waals surface area contributed by atoms with Crippen LogP contribution in [-0.2, 0) is 4.74 Å². The van der Waals surface area contributed by atoms with Gasteiger partial charge in [0.2, 0.25) is 0 Å². The third kappa shape index (κ3) is 4.05. The maximum Gasteiger partial charge on any atom is 0.0594 e. The highest BCUT2D eigenvalue weighted by atomic mass is 16.5. The molecule has 0 bridgehead atoms. The zero-order valence-electron chi connectivity index (χ0n) is 12.3. The molecule has 1 saturated carbocycles. The van der Waals surface area contributed by atoms with Gasteiger partial charge in [0.25, 0.3) is 0 Å². The van der Waals surface area contributed by atoms with E-state index in [1.165, 1.54) is 31.4 Å². The first-order valence-corrected chi connectivity index (χ1v) is 8.02. The normalized spacial score (nSPS) is 21.8. The summed E-state index contributed by atoms with van der Waals surface area (Å²) in [5.41, 5.74) is 1.46. The van der Waals surface area contributed by atoms with Gasteiger partial charge in [0, 0.05) is 19.1 Å². The Morgan fingerprint density at radius 1 is 1.15 bits per heavy atom. The Bertz CT molecular complexity index is 385. The number of hydrogen-bond acceptors (Lipinski definition) is 3. The van der Waals surface area contributed by atoms with Gasteiger partial charge >= 0.3 is 0 Å². The smallest absolute Gasteiger partial charge is 0.0594 e. The molecule has 0 aromatic heterocycles. The highest BCUT2D eigenvalue weighted by Crippen LogP contribution is 2.40. The molecule has 0 amide bonds. The second-order valence-electron chi connectivity index (χ2n) is 5.99. The minimum Gasteiger partial charge on any atom is -0.379 e. The Balaban J connectivity index is 1.41. The molecule has 20 heavy (non-hydrogen) atoms. The maximum atomic E-state index is 5.38. The van der Waals surface area contributed by atoms with Gasteiger partial charge in [-0.2, -0.15) is 0 Å². The summed E-state index contributed by atoms with van der Waals surface area (Å²) in [6.45, 7) is 6.33. The molecule has 1 N–H and O–H groups in total. The molecule has 1 aliphatic carbocycles. The molecule has 3 heteroatoms. The van der Waals surface area contributed by atoms with E-state index in [4.69, 9.17) is 4.74 Å². The monoisotopic (exact) mass is 274 g/mol. The minimum absolute atomic E-state index is 0.570. The van der Waals surface area contributed by atoms with Gasteiger partial charge in [-0.1, -0.05) is 30.3 Å². The predicted molar refractivity (Wildman–Crippen MR) is 81.8 cm³/mol. The molecule has 2 fully saturated rings. The number of ether oxygens (including phenoxy) is 1. The average Bonchev–Trinajstić information content (AvgIpc) is 3.34. The molecule has 1 aromatic rings. The Hall–Kier alpha value is -0.900. The van der Waals surface area contributed by atoms with Crippen LogP contribution in [0.2, 0.25) is 0 Å². The Kier molecular flexibility index (Phi) is 5.06. The molecule has 1 heterocycles. The van der Waals surface area contributed by atoms with Crippen LogP contribution in [-0.4, -0.2) is 44.3 Å². The van der Waals surface area contributed by atoms with Crippen LogP contribution in [0.25, 0.3) is 0 Å². The van der Waals surface area contributed by atoms with Crippen molar-refractivity contribution in [1.29, 1.82) is 0 Å². The van der Waals surface area contributed by atoms with Gasteiger partial charge in [0.15, 0.2) is 0 Å². The van der Waals surface area contributed by atoms with E-state index in [0.717, 1.165) is 38.8 Å². The topological polar surface area (TPSA) is 24.5 Å². The molecule has 0 spiro atoms. The largest absolute Gasteiger partial charge is 0.379 e. The first-order valence-electron chi connectivity index (χ1n) is 8.02. The molecule has 0 radical (unpaired) electrons. The van der Waals surface area contributed by atoms with Crippen LogP contribution in [0.1, 0.15) is 30.9 Å². The quantitative estimate of drug-likeness (QED) is 0.773. The second kappa shape index (κ2) is 7.21. The fraction of sp³-hybridized carbons (Fsp3) is 0.647. The van der Waals surface area contributed by atoms with Gasteiger partial charge in [-0.05, 0) is 43.8 Å². The van der Waals surface area contributed by atoms with Crippen LogP contribution in [0.15, 0.2) is 30.3 Å². The van der Waals surface area contributed by atoms with E-state index in [9.17, 15) is 0 Å². The SMILES string of the molecule is c1ccc(C(NCCCN2CCOCC2)C2CC2)cc1. The molecular formula is C17H26N2O. The average molecular weight is 274 g/mol. The second-order valence-corrected chi connectivity index (χ2v) is 5.99. The van der Waals surface area contributed by atoms with Crippen LogP contribution in [0.3, 0.4) is 0 Å². The standard InChI is InChI=1S/C17H26N2O/c1-2-5-15(6-3-1)17(16-7-8-16)18-9-4-10-19-11-13-20-14-12-19/h1-3,5-6,16-18H,4,7-14H2. The van der Waals surface area contributed by atoms with Gasteiger partial charge in [-0.15, -0.1) is 0 Å². The lowest BCUT2D eigenvalue weighted by Crippen LogP contribution is -2.38. The number of rotatable bonds is 7. The summed E-state index contributed by atoms with van der Waals surface area (Å²) in [6.07, 6.45) is 4.00. The van der Waals surface area contributed by atoms with Crippen LogP contribution in [0, 0.1) is 5.92 Å². The van der Waals surface area contributed by atoms with Crippen molar-refractivity contribution in [3.8, 4) is 0 Å². The van der Waals surface area contributed by atoms with Crippen molar-refractivity contribution in [2.24, 2.45) is 5.92 Å². The van der Waals surface area contributed by atoms with E-state index < -0.39 is 0 Å². The summed E-state index contributed by atoms with van der Waals surface area (Å²) in [7, 11) is 0. The van der Waals surface area contributed by atoms with E-state index in [1.807, 2.05) is 0 Å². The van der Waals surface area contributed by atoms with Crippen molar-refractivity contribution in [2.75, 3.05) is 39.4 Å². The van der Waals surface area contributed by atoms with Gasteiger partial charge < -0.3 is 10.1 Å². The lowest BCUT2D eigenvalue weighted by Gasteiger charge is -2.27. The van der Waals surface area contributed by atoms with Crippen molar-refractivity contribution in [2.45, 2.75) is 25.3 Å². The van der Waals surface area contributed by atoms with Crippen LogP contribution in [0.4, 0.5) is 0 Å². The van der Waals surface area contributed by atoms with E-state index in [2.05, 4.69) is 40.5 Å². The van der Waals surface area contributed by atoms with E-state index in [-0.39, 0.29) is 0 Å². The number of benzene rings is 1. The molecular weight excluding hydrogens is 248 g/mol. The van der Waals surface area contributed by atoms with E-state index >= 15 is 0 Å². The lowest BCUT2D eigenvalue weighted by molar-refractivity contribution is 0.0373. The van der Waals surface area contributed by atoms with Crippen molar-refractivity contribution in [3.05, 3.63) is 35.9 Å². The zero-order chi connectivity index (χ0) is 13.6. The Labute approximate surface area is 122 Å². The highest BCUT2D eigenvalue weighted by molar-refractivity contribution is 5.21. The third-order valence-corrected chi connectivity index (χ3v) is 4.37. The van der Waals surface area contributed by atoms with Crippen LogP contribution in [0.5, 0.6) is 0 Å². The van der Waals surface area contributed by atoms with Gasteiger partial charge in [0.1, 0.15) is 0 Å². The minimum atomic E-state index is 0.570. The van der Waals surface area contributed by atoms with Gasteiger partial charge in [-0.25, -0.2) is 0 Å². The van der Waals surface area contributed by atoms with Crippen LogP contribution >= 0.6 is 0 Å². The number of hydrogen-bond donors (Lipinski definition) is 1. The zero-order valence-corrected chi connectivity index (χ0v) is 12.3. The molecule has 110 valence electrons. The van der Waals surface area contributed by atoms with E-state index in [1.54, 1.807) is 0 Å². The third-order valence-electron chi connectivity index (χ3n) is 4.37. The maximum absolute atomic E-state index is 5.38. The van der Waals surface area contributed by atoms with Crippen LogP contribution < -0.4 is 5.32 Å². The Morgan fingerprint density at radius 2 is 1.90 bits per heavy atom. The molecule has 1 atom stereocenters. The van der Waals surface area contributed by atoms with E-state index in [0.29, 0.717) is 6.04 Å². The first kappa shape index (κ1) is 14.1. The lowest BCUT2D eigenvalue weighted by atomic mass is 10.0. The summed E-state index contributed by atoms with van der Waals surface area (Å²) < 4.78 is 5.38. The molecule has 1 aromatic carbocycles. The fourth-order valence-electron chi connectivity index (χ4n) is 3.03. The molecule has 3 rings (SSSR count). The van der Waals surface area contributed by atoms with Crippen molar-refractivity contribution < 1.29 is 4.74 Å². The predicted octanol–water partition coefficient (Wildman–Crippen LogP) is 2.45. The van der Waals surface area contributed by atoms with Gasteiger partial charge in [0.05, 0.1) is 13.2 Å². The summed E-state index contributed by atoms with van der Waals surface area (Å²) in [5, 5.41) is 3.78. The molecule has 1 saturated heterocycles. The summed E-state index contributed by atoms with van der Waals surface area (Å²) >= 11 is 0. The Morgan fingerprint density at radius 3 is 2.60 bits per heavy atom. The van der Waals surface area contributed by atoms with Crippen molar-refractivity contribution in [3.63, 3.8) is 0 Å². The molecule has 3 nitrogen and oxygen atoms in total. The molecule has 1 aliphatic heterocycles. The molecule has 1 unspecified atom stereocenters. The summed E-state index contributed by atoms with van der Waals surface area (Å²) in [4.78, 5) is 2.51. The van der Waals surface area contributed by atoms with Gasteiger partial charge in [-0.3, -0.25) is 4.90 Å². The number of nitrogens with zero attached hydrogens (tertiary/aromatic N) is 1. The van der Waals surface area contributed by atoms with Crippen molar-refractivity contribution in [1.82, 2.24) is 10.2 Å². The number of nitrogens with one attached hydrogen (secondary N) is 1. The van der Waals surface area contributed by atoms with Crippen molar-refractivity contribution >= 4 is 0 Å². The summed E-state index contributed by atoms with van der Waals surface area (Å²) in [5.74, 6) is 0.862. The summed E-state index contributed by atoms with van der Waals surface area (Å²) in [6, 6.07) is 11.5. The highest BCUT2D eigenvalue weighted by Gasteiger charge is 2.31. The number of morpholine rings is 1. The first-order chi connectivity index (χ1) is 9.93.